The van der Waals surface area contributed by atoms with Crippen LogP contribution in [-0.4, -0.2) is 75.9 Å². The standard InChI is InChI=1S/C34H37F3N8O/c1-6-22-15-27-29(7-9-39-31(27)30(18-22)42(4)14-13-41(2)3)45-11-8-24-25(28-20-43(5)40-32(28)34(35,36)37)16-23(17-26(24)33(45)46)19-44-12-10-38-21-44/h7,9-10,12,15-18,20-21H,6,8,11,13-14,19H2,1-5H3. The van der Waals surface area contributed by atoms with E-state index in [-0.39, 0.29) is 11.5 Å². The van der Waals surface area contributed by atoms with Gasteiger partial charge in [0.15, 0.2) is 5.69 Å². The van der Waals surface area contributed by atoms with E-state index in [1.54, 1.807) is 42.0 Å². The van der Waals surface area contributed by atoms with Gasteiger partial charge in [-0.1, -0.05) is 6.92 Å². The van der Waals surface area contributed by atoms with Crippen LogP contribution in [0.25, 0.3) is 22.0 Å². The van der Waals surface area contributed by atoms with E-state index in [9.17, 15) is 18.0 Å². The molecule has 0 saturated heterocycles. The molecule has 1 aliphatic rings. The van der Waals surface area contributed by atoms with E-state index in [4.69, 9.17) is 4.98 Å². The maximum atomic E-state index is 14.5. The Morgan fingerprint density at radius 3 is 2.46 bits per heavy atom. The number of pyridine rings is 1. The Morgan fingerprint density at radius 1 is 0.978 bits per heavy atom. The number of nitrogens with zero attached hydrogens (tertiary/aromatic N) is 8. The molecule has 46 heavy (non-hydrogen) atoms. The first-order valence-electron chi connectivity index (χ1n) is 15.3. The fourth-order valence-corrected chi connectivity index (χ4v) is 6.19. The largest absolute Gasteiger partial charge is 0.435 e. The van der Waals surface area contributed by atoms with E-state index in [1.165, 1.54) is 17.9 Å². The van der Waals surface area contributed by atoms with Gasteiger partial charge < -0.3 is 19.3 Å². The number of carbonyl (C=O) groups is 1. The fraction of sp³-hybridized carbons (Fsp3) is 0.353. The Kier molecular flexibility index (Phi) is 8.32. The maximum Gasteiger partial charge on any atom is 0.435 e. The number of halogens is 3. The second-order valence-corrected chi connectivity index (χ2v) is 12.1. The third-order valence-corrected chi connectivity index (χ3v) is 8.54. The van der Waals surface area contributed by atoms with Crippen molar-refractivity contribution in [3.63, 3.8) is 0 Å². The molecule has 6 rings (SSSR count). The molecule has 0 N–H and O–H groups in total. The van der Waals surface area contributed by atoms with Crippen LogP contribution in [0, 0.1) is 0 Å². The summed E-state index contributed by atoms with van der Waals surface area (Å²) in [6.45, 7) is 4.42. The number of alkyl halides is 3. The van der Waals surface area contributed by atoms with Crippen LogP contribution in [0.3, 0.4) is 0 Å². The molecule has 0 atom stereocenters. The molecule has 0 saturated carbocycles. The fourth-order valence-electron chi connectivity index (χ4n) is 6.19. The number of aromatic nitrogens is 5. The lowest BCUT2D eigenvalue weighted by Crippen LogP contribution is -2.38. The molecule has 0 radical (unpaired) electrons. The van der Waals surface area contributed by atoms with Crippen molar-refractivity contribution < 1.29 is 18.0 Å². The first kappa shape index (κ1) is 31.3. The van der Waals surface area contributed by atoms with E-state index < -0.39 is 11.9 Å². The first-order valence-corrected chi connectivity index (χ1v) is 15.3. The normalized spacial score (nSPS) is 13.6. The Labute approximate surface area is 265 Å². The molecule has 5 aromatic rings. The zero-order chi connectivity index (χ0) is 32.7. The van der Waals surface area contributed by atoms with Crippen molar-refractivity contribution in [1.82, 2.24) is 29.2 Å². The molecule has 0 bridgehead atoms. The molecule has 4 heterocycles. The van der Waals surface area contributed by atoms with Gasteiger partial charge in [0.05, 0.1) is 23.2 Å². The number of imidazole rings is 1. The molecule has 2 aromatic carbocycles. The Balaban J connectivity index is 1.48. The van der Waals surface area contributed by atoms with E-state index in [2.05, 4.69) is 38.9 Å². The van der Waals surface area contributed by atoms with Crippen LogP contribution in [0.5, 0.6) is 0 Å². The highest BCUT2D eigenvalue weighted by Crippen LogP contribution is 2.41. The van der Waals surface area contributed by atoms with Crippen molar-refractivity contribution in [2.24, 2.45) is 7.05 Å². The highest BCUT2D eigenvalue weighted by Gasteiger charge is 2.39. The second kappa shape index (κ2) is 12.2. The summed E-state index contributed by atoms with van der Waals surface area (Å²) in [6.07, 6.45) is 4.69. The molecule has 9 nitrogen and oxygen atoms in total. The molecule has 240 valence electrons. The van der Waals surface area contributed by atoms with Crippen molar-refractivity contribution in [3.05, 3.63) is 89.4 Å². The van der Waals surface area contributed by atoms with Crippen LogP contribution in [0.2, 0.25) is 0 Å². The number of aryl methyl sites for hydroxylation is 2. The zero-order valence-corrected chi connectivity index (χ0v) is 26.6. The van der Waals surface area contributed by atoms with E-state index in [1.807, 2.05) is 31.8 Å². The van der Waals surface area contributed by atoms with Crippen molar-refractivity contribution in [2.45, 2.75) is 32.5 Å². The van der Waals surface area contributed by atoms with Gasteiger partial charge in [-0.15, -0.1) is 0 Å². The van der Waals surface area contributed by atoms with Crippen LogP contribution in [0.1, 0.15) is 39.7 Å². The second-order valence-electron chi connectivity index (χ2n) is 12.1. The van der Waals surface area contributed by atoms with Gasteiger partial charge in [-0.3, -0.25) is 14.5 Å². The van der Waals surface area contributed by atoms with E-state index >= 15 is 0 Å². The number of likely N-dealkylation sites (N-methyl/N-ethyl adjacent to an activating group) is 2. The van der Waals surface area contributed by atoms with Gasteiger partial charge in [0.2, 0.25) is 0 Å². The number of amides is 1. The summed E-state index contributed by atoms with van der Waals surface area (Å²) in [5, 5.41) is 4.62. The number of carbonyl (C=O) groups excluding carboxylic acids is 1. The lowest BCUT2D eigenvalue weighted by Gasteiger charge is -2.32. The van der Waals surface area contributed by atoms with Gasteiger partial charge in [0.25, 0.3) is 5.91 Å². The lowest BCUT2D eigenvalue weighted by molar-refractivity contribution is -0.140. The monoisotopic (exact) mass is 630 g/mol. The number of fused-ring (bicyclic) bond motifs is 2. The van der Waals surface area contributed by atoms with Crippen molar-refractivity contribution >= 4 is 28.2 Å². The number of hydrogen-bond donors (Lipinski definition) is 0. The van der Waals surface area contributed by atoms with Gasteiger partial charge in [0, 0.05) is 81.6 Å². The van der Waals surface area contributed by atoms with Gasteiger partial charge in [-0.05, 0) is 79.5 Å². The highest BCUT2D eigenvalue weighted by molar-refractivity contribution is 6.14. The Morgan fingerprint density at radius 2 is 1.76 bits per heavy atom. The van der Waals surface area contributed by atoms with Crippen molar-refractivity contribution in [3.8, 4) is 11.1 Å². The molecule has 0 aliphatic carbocycles. The summed E-state index contributed by atoms with van der Waals surface area (Å²) in [5.74, 6) is -0.260. The molecular weight excluding hydrogens is 593 g/mol. The van der Waals surface area contributed by atoms with Crippen molar-refractivity contribution in [2.75, 3.05) is 50.6 Å². The molecule has 1 aliphatic heterocycles. The molecule has 0 fully saturated rings. The number of anilines is 2. The third kappa shape index (κ3) is 5.96. The predicted molar refractivity (Wildman–Crippen MR) is 173 cm³/mol. The minimum atomic E-state index is -4.65. The first-order chi connectivity index (χ1) is 21.9. The van der Waals surface area contributed by atoms with Gasteiger partial charge >= 0.3 is 6.18 Å². The summed E-state index contributed by atoms with van der Waals surface area (Å²) in [6, 6.07) is 9.66. The van der Waals surface area contributed by atoms with E-state index in [0.29, 0.717) is 41.8 Å². The minimum absolute atomic E-state index is 0.0349. The van der Waals surface area contributed by atoms with Crippen LogP contribution in [-0.2, 0) is 32.6 Å². The average molecular weight is 631 g/mol. The van der Waals surface area contributed by atoms with Crippen LogP contribution in [0.15, 0.2) is 61.4 Å². The predicted octanol–water partition coefficient (Wildman–Crippen LogP) is 5.66. The van der Waals surface area contributed by atoms with Gasteiger partial charge in [-0.25, -0.2) is 4.98 Å². The summed E-state index contributed by atoms with van der Waals surface area (Å²) in [7, 11) is 7.59. The average Bonchev–Trinajstić information content (AvgIpc) is 3.68. The highest BCUT2D eigenvalue weighted by atomic mass is 19.4. The molecule has 1 amide bonds. The Bertz CT molecular complexity index is 1890. The Hall–Kier alpha value is -4.71. The number of hydrogen-bond acceptors (Lipinski definition) is 6. The van der Waals surface area contributed by atoms with Gasteiger partial charge in [0.1, 0.15) is 0 Å². The summed E-state index contributed by atoms with van der Waals surface area (Å²) in [4.78, 5) is 29.4. The molecule has 0 spiro atoms. The quantitative estimate of drug-likeness (QED) is 0.209. The maximum absolute atomic E-state index is 14.5. The van der Waals surface area contributed by atoms with Crippen LogP contribution < -0.4 is 9.80 Å². The number of benzene rings is 2. The smallest absolute Gasteiger partial charge is 0.372 e. The summed E-state index contributed by atoms with van der Waals surface area (Å²) in [5.41, 5.74) is 4.68. The molecule has 12 heteroatoms. The number of rotatable bonds is 9. The molecular formula is C34H37F3N8O. The topological polar surface area (TPSA) is 75.3 Å². The SMILES string of the molecule is CCc1cc(N(C)CCN(C)C)c2nccc(N3CCc4c(cc(Cn5ccnc5)cc4-c4cn(C)nc4C(F)(F)F)C3=O)c2c1. The summed E-state index contributed by atoms with van der Waals surface area (Å²) < 4.78 is 45.5. The van der Waals surface area contributed by atoms with E-state index in [0.717, 1.165) is 47.4 Å². The minimum Gasteiger partial charge on any atom is -0.372 e. The summed E-state index contributed by atoms with van der Waals surface area (Å²) >= 11 is 0. The molecule has 0 unspecified atom stereocenters. The third-order valence-electron chi connectivity index (χ3n) is 8.54. The lowest BCUT2D eigenvalue weighted by atomic mass is 9.87. The van der Waals surface area contributed by atoms with Crippen molar-refractivity contribution in [1.29, 1.82) is 0 Å². The van der Waals surface area contributed by atoms with Crippen LogP contribution in [0.4, 0.5) is 24.5 Å². The molecule has 3 aromatic heterocycles. The zero-order valence-electron chi connectivity index (χ0n) is 26.6. The van der Waals surface area contributed by atoms with Crippen LogP contribution >= 0.6 is 0 Å². The van der Waals surface area contributed by atoms with Gasteiger partial charge in [-0.2, -0.15) is 18.3 Å².